The van der Waals surface area contributed by atoms with E-state index in [0.29, 0.717) is 28.8 Å². The van der Waals surface area contributed by atoms with Crippen LogP contribution in [-0.4, -0.2) is 21.5 Å². The smallest absolute Gasteiger partial charge is 0.269 e. The summed E-state index contributed by atoms with van der Waals surface area (Å²) in [5.74, 6) is 1.32. The summed E-state index contributed by atoms with van der Waals surface area (Å²) in [7, 11) is 0. The van der Waals surface area contributed by atoms with E-state index >= 15 is 0 Å². The number of nitro benzene ring substituents is 1. The van der Waals surface area contributed by atoms with E-state index in [1.165, 1.54) is 12.1 Å². The molecule has 2 aromatic carbocycles. The van der Waals surface area contributed by atoms with Crippen LogP contribution in [0.2, 0.25) is 10.0 Å². The zero-order chi connectivity index (χ0) is 16.4. The van der Waals surface area contributed by atoms with Crippen LogP contribution in [0.3, 0.4) is 0 Å². The van der Waals surface area contributed by atoms with Crippen molar-refractivity contribution in [2.24, 2.45) is 0 Å². The van der Waals surface area contributed by atoms with Gasteiger partial charge in [0, 0.05) is 18.6 Å². The quantitative estimate of drug-likeness (QED) is 0.545. The average molecular weight is 352 g/mol. The summed E-state index contributed by atoms with van der Waals surface area (Å²) in [6.45, 7) is 0.388. The van der Waals surface area contributed by atoms with Gasteiger partial charge in [-0.05, 0) is 24.3 Å². The molecule has 0 bridgehead atoms. The minimum atomic E-state index is -0.450. The molecule has 0 aliphatic rings. The van der Waals surface area contributed by atoms with Crippen molar-refractivity contribution in [1.82, 2.24) is 9.97 Å². The van der Waals surface area contributed by atoms with Crippen molar-refractivity contribution in [2.45, 2.75) is 6.42 Å². The predicted molar refractivity (Wildman–Crippen MR) is 88.4 cm³/mol. The van der Waals surface area contributed by atoms with Crippen LogP contribution in [0.1, 0.15) is 5.82 Å². The molecule has 0 spiro atoms. The van der Waals surface area contributed by atoms with Crippen molar-refractivity contribution in [3.63, 3.8) is 0 Å². The summed E-state index contributed by atoms with van der Waals surface area (Å²) >= 11 is 11.9. The maximum absolute atomic E-state index is 10.6. The molecule has 8 heteroatoms. The van der Waals surface area contributed by atoms with Gasteiger partial charge in [-0.1, -0.05) is 23.2 Å². The SMILES string of the molecule is O=[N+]([O-])c1ccc(OCCc2nc3cc(Cl)c(Cl)cc3[nH]2)cc1. The van der Waals surface area contributed by atoms with Gasteiger partial charge in [-0.25, -0.2) is 4.98 Å². The molecule has 0 atom stereocenters. The second-order valence-corrected chi connectivity index (χ2v) is 5.63. The monoisotopic (exact) mass is 351 g/mol. The molecule has 3 rings (SSSR count). The number of nitrogens with one attached hydrogen (secondary N) is 1. The fourth-order valence-corrected chi connectivity index (χ4v) is 2.43. The molecule has 23 heavy (non-hydrogen) atoms. The van der Waals surface area contributed by atoms with Crippen molar-refractivity contribution in [2.75, 3.05) is 6.61 Å². The Kier molecular flexibility index (Phi) is 4.36. The fraction of sp³-hybridized carbons (Fsp3) is 0.133. The average Bonchev–Trinajstić information content (AvgIpc) is 2.90. The van der Waals surface area contributed by atoms with E-state index in [4.69, 9.17) is 27.9 Å². The highest BCUT2D eigenvalue weighted by molar-refractivity contribution is 6.42. The van der Waals surface area contributed by atoms with Gasteiger partial charge in [-0.15, -0.1) is 0 Å². The zero-order valence-corrected chi connectivity index (χ0v) is 13.3. The lowest BCUT2D eigenvalue weighted by Crippen LogP contribution is -2.02. The number of hydrogen-bond acceptors (Lipinski definition) is 4. The molecule has 118 valence electrons. The van der Waals surface area contributed by atoms with Gasteiger partial charge in [-0.2, -0.15) is 0 Å². The van der Waals surface area contributed by atoms with Crippen LogP contribution in [0.15, 0.2) is 36.4 Å². The Morgan fingerprint density at radius 3 is 2.57 bits per heavy atom. The highest BCUT2D eigenvalue weighted by atomic mass is 35.5. The van der Waals surface area contributed by atoms with Crippen LogP contribution in [0.25, 0.3) is 11.0 Å². The number of non-ortho nitro benzene ring substituents is 1. The van der Waals surface area contributed by atoms with E-state index in [1.807, 2.05) is 0 Å². The van der Waals surface area contributed by atoms with E-state index in [9.17, 15) is 10.1 Å². The molecule has 0 fully saturated rings. The normalized spacial score (nSPS) is 10.9. The maximum Gasteiger partial charge on any atom is 0.269 e. The summed E-state index contributed by atoms with van der Waals surface area (Å²) in [6.07, 6.45) is 0.556. The Labute approximate surface area is 141 Å². The Hall–Kier alpha value is -2.31. The lowest BCUT2D eigenvalue weighted by molar-refractivity contribution is -0.384. The molecule has 0 saturated carbocycles. The van der Waals surface area contributed by atoms with Crippen molar-refractivity contribution in [3.8, 4) is 5.75 Å². The van der Waals surface area contributed by atoms with Crippen molar-refractivity contribution in [3.05, 3.63) is 62.4 Å². The van der Waals surface area contributed by atoms with E-state index in [2.05, 4.69) is 9.97 Å². The molecule has 0 saturated heterocycles. The lowest BCUT2D eigenvalue weighted by Gasteiger charge is -2.04. The van der Waals surface area contributed by atoms with Gasteiger partial charge in [-0.3, -0.25) is 10.1 Å². The number of fused-ring (bicyclic) bond motifs is 1. The van der Waals surface area contributed by atoms with Gasteiger partial charge in [0.15, 0.2) is 0 Å². The molecule has 6 nitrogen and oxygen atoms in total. The van der Waals surface area contributed by atoms with Crippen LogP contribution in [0, 0.1) is 10.1 Å². The maximum atomic E-state index is 10.6. The molecule has 1 N–H and O–H groups in total. The lowest BCUT2D eigenvalue weighted by atomic mass is 10.3. The van der Waals surface area contributed by atoms with Gasteiger partial charge in [0.25, 0.3) is 5.69 Å². The number of imidazole rings is 1. The first-order valence-corrected chi connectivity index (χ1v) is 7.49. The number of aromatic amines is 1. The number of aromatic nitrogens is 2. The first-order valence-electron chi connectivity index (χ1n) is 6.74. The molecular weight excluding hydrogens is 341 g/mol. The zero-order valence-electron chi connectivity index (χ0n) is 11.8. The third kappa shape index (κ3) is 3.55. The third-order valence-electron chi connectivity index (χ3n) is 3.23. The first-order chi connectivity index (χ1) is 11.0. The van der Waals surface area contributed by atoms with E-state index in [1.54, 1.807) is 24.3 Å². The number of hydrogen-bond donors (Lipinski definition) is 1. The molecule has 1 aromatic heterocycles. The van der Waals surface area contributed by atoms with Gasteiger partial charge in [0.2, 0.25) is 0 Å². The van der Waals surface area contributed by atoms with Crippen LogP contribution >= 0.6 is 23.2 Å². The van der Waals surface area contributed by atoms with Crippen molar-refractivity contribution >= 4 is 39.9 Å². The second-order valence-electron chi connectivity index (χ2n) is 4.82. The fourth-order valence-electron chi connectivity index (χ4n) is 2.11. The van der Waals surface area contributed by atoms with Crippen LogP contribution in [-0.2, 0) is 6.42 Å². The first kappa shape index (κ1) is 15.6. The third-order valence-corrected chi connectivity index (χ3v) is 3.95. The van der Waals surface area contributed by atoms with Crippen molar-refractivity contribution in [1.29, 1.82) is 0 Å². The summed E-state index contributed by atoms with van der Waals surface area (Å²) < 4.78 is 5.55. The Morgan fingerprint density at radius 1 is 1.17 bits per heavy atom. The standard InChI is InChI=1S/C15H11Cl2N3O3/c16-11-7-13-14(8-12(11)17)19-15(18-13)5-6-23-10-3-1-9(2-4-10)20(21)22/h1-4,7-8H,5-6H2,(H,18,19). The topological polar surface area (TPSA) is 81.1 Å². The number of rotatable bonds is 5. The molecule has 0 unspecified atom stereocenters. The van der Waals surface area contributed by atoms with Crippen molar-refractivity contribution < 1.29 is 9.66 Å². The van der Waals surface area contributed by atoms with Gasteiger partial charge in [0.1, 0.15) is 11.6 Å². The summed E-state index contributed by atoms with van der Waals surface area (Å²) in [5, 5.41) is 11.5. The largest absolute Gasteiger partial charge is 0.493 e. The van der Waals surface area contributed by atoms with E-state index in [0.717, 1.165) is 16.9 Å². The number of nitro groups is 1. The molecule has 0 aliphatic carbocycles. The van der Waals surface area contributed by atoms with Gasteiger partial charge < -0.3 is 9.72 Å². The minimum Gasteiger partial charge on any atom is -0.493 e. The molecule has 0 amide bonds. The van der Waals surface area contributed by atoms with E-state index < -0.39 is 4.92 Å². The highest BCUT2D eigenvalue weighted by Crippen LogP contribution is 2.26. The molecule has 1 heterocycles. The van der Waals surface area contributed by atoms with Gasteiger partial charge in [0.05, 0.1) is 32.6 Å². The summed E-state index contributed by atoms with van der Waals surface area (Å²) in [5.41, 5.74) is 1.58. The molecular formula is C15H11Cl2N3O3. The summed E-state index contributed by atoms with van der Waals surface area (Å²) in [4.78, 5) is 17.7. The van der Waals surface area contributed by atoms with Crippen LogP contribution in [0.4, 0.5) is 5.69 Å². The Bertz CT molecular complexity index is 823. The minimum absolute atomic E-state index is 0.0309. The Balaban J connectivity index is 1.63. The van der Waals surface area contributed by atoms with Crippen LogP contribution < -0.4 is 4.74 Å². The number of ether oxygens (including phenoxy) is 1. The molecule has 3 aromatic rings. The highest BCUT2D eigenvalue weighted by Gasteiger charge is 2.08. The second kappa shape index (κ2) is 6.44. The Morgan fingerprint density at radius 2 is 1.87 bits per heavy atom. The number of H-pyrrole nitrogens is 1. The molecule has 0 radical (unpaired) electrons. The van der Waals surface area contributed by atoms with Gasteiger partial charge >= 0.3 is 0 Å². The number of halogens is 2. The molecule has 0 aliphatic heterocycles. The summed E-state index contributed by atoms with van der Waals surface area (Å²) in [6, 6.07) is 9.37. The number of benzene rings is 2. The number of nitrogens with zero attached hydrogens (tertiary/aromatic N) is 2. The van der Waals surface area contributed by atoms with E-state index in [-0.39, 0.29) is 5.69 Å². The van der Waals surface area contributed by atoms with Crippen LogP contribution in [0.5, 0.6) is 5.75 Å². The predicted octanol–water partition coefficient (Wildman–Crippen LogP) is 4.40.